The van der Waals surface area contributed by atoms with Crippen LogP contribution in [-0.2, 0) is 19.1 Å². The lowest BCUT2D eigenvalue weighted by Gasteiger charge is -2.15. The van der Waals surface area contributed by atoms with E-state index in [0.29, 0.717) is 0 Å². The van der Waals surface area contributed by atoms with Crippen LogP contribution in [0.3, 0.4) is 0 Å². The average molecular weight is 297 g/mol. The van der Waals surface area contributed by atoms with E-state index in [4.69, 9.17) is 28.7 Å². The number of nitrogens with one attached hydrogen (secondary N) is 2. The number of rotatable bonds is 7. The molecule has 0 aliphatic heterocycles. The molecule has 1 atom stereocenters. The van der Waals surface area contributed by atoms with Gasteiger partial charge in [0.2, 0.25) is 5.78 Å². The van der Waals surface area contributed by atoms with E-state index in [-0.39, 0.29) is 12.8 Å². The van der Waals surface area contributed by atoms with E-state index in [0.717, 1.165) is 13.3 Å². The monoisotopic (exact) mass is 296 g/mol. The first kappa shape index (κ1) is 16.6. The Kier molecular flexibility index (Phi) is 7.94. The number of esters is 1. The van der Waals surface area contributed by atoms with E-state index in [1.54, 1.807) is 0 Å². The Balaban J connectivity index is 4.50. The minimum atomic E-state index is -1.32. The lowest BCUT2D eigenvalue weighted by atomic mass is 10.1. The van der Waals surface area contributed by atoms with Gasteiger partial charge in [0, 0.05) is 6.42 Å². The molecule has 18 heavy (non-hydrogen) atoms. The first-order chi connectivity index (χ1) is 8.42. The van der Waals surface area contributed by atoms with Gasteiger partial charge in [-0.2, -0.15) is 0 Å². The predicted octanol–water partition coefficient (Wildman–Crippen LogP) is 0.107. The van der Waals surface area contributed by atoms with Crippen LogP contribution in [0.5, 0.6) is 0 Å². The quantitative estimate of drug-likeness (QED) is 0.228. The van der Waals surface area contributed by atoms with Gasteiger partial charge in [-0.05, 0) is 6.42 Å². The highest BCUT2D eigenvalue weighted by Crippen LogP contribution is 2.05. The number of hydrogen-bond acceptors (Lipinski definition) is 5. The number of ether oxygens (including phenoxy) is 1. The number of halogens is 2. The lowest BCUT2D eigenvalue weighted by molar-refractivity contribution is -0.145. The Morgan fingerprint density at radius 1 is 1.44 bits per heavy atom. The molecule has 0 fully saturated rings. The molecular formula is C9H12Cl2N3O4+. The highest BCUT2D eigenvalue weighted by molar-refractivity contribution is 6.53. The molecule has 0 aromatic carbocycles. The van der Waals surface area contributed by atoms with Crippen molar-refractivity contribution in [2.24, 2.45) is 0 Å². The summed E-state index contributed by atoms with van der Waals surface area (Å²) in [5, 5.41) is 2.24. The average Bonchev–Trinajstić information content (AvgIpc) is 2.33. The van der Waals surface area contributed by atoms with Crippen LogP contribution in [0.25, 0.3) is 0 Å². The van der Waals surface area contributed by atoms with Gasteiger partial charge in [-0.3, -0.25) is 9.59 Å². The summed E-state index contributed by atoms with van der Waals surface area (Å²) in [6, 6.07) is -1.02. The number of nitrogens with zero attached hydrogens (tertiary/aromatic N) is 1. The second-order valence-electron chi connectivity index (χ2n) is 3.15. The van der Waals surface area contributed by atoms with Gasteiger partial charge in [0.05, 0.1) is 17.4 Å². The third kappa shape index (κ3) is 6.34. The first-order valence-electron chi connectivity index (χ1n) is 4.81. The summed E-state index contributed by atoms with van der Waals surface area (Å²) in [7, 11) is 1.15. The molecule has 0 aromatic rings. The second-order valence-corrected chi connectivity index (χ2v) is 4.24. The first-order valence-corrected chi connectivity index (χ1v) is 5.68. The molecule has 0 heterocycles. The van der Waals surface area contributed by atoms with Crippen molar-refractivity contribution in [3.63, 3.8) is 0 Å². The van der Waals surface area contributed by atoms with Crippen molar-refractivity contribution < 1.29 is 23.9 Å². The molecule has 2 N–H and O–H groups in total. The Morgan fingerprint density at radius 3 is 2.50 bits per heavy atom. The molecule has 0 radical (unpaired) electrons. The molecule has 0 rings (SSSR count). The summed E-state index contributed by atoms with van der Waals surface area (Å²) >= 11 is 10.6. The molecule has 0 saturated carbocycles. The smallest absolute Gasteiger partial charge is 0.372 e. The zero-order valence-electron chi connectivity index (χ0n) is 9.48. The van der Waals surface area contributed by atoms with E-state index < -0.39 is 28.5 Å². The van der Waals surface area contributed by atoms with Gasteiger partial charge in [-0.25, -0.2) is 4.79 Å². The number of amides is 1. The highest BCUT2D eigenvalue weighted by Gasteiger charge is 2.25. The Morgan fingerprint density at radius 2 is 2.06 bits per heavy atom. The van der Waals surface area contributed by atoms with Crippen molar-refractivity contribution >= 4 is 47.1 Å². The van der Waals surface area contributed by atoms with E-state index in [2.05, 4.69) is 14.8 Å². The maximum Gasteiger partial charge on any atom is 0.372 e. The molecule has 9 heteroatoms. The van der Waals surface area contributed by atoms with Crippen molar-refractivity contribution in [2.45, 2.75) is 23.7 Å². The van der Waals surface area contributed by atoms with Crippen molar-refractivity contribution in [3.05, 3.63) is 0 Å². The van der Waals surface area contributed by atoms with Crippen LogP contribution >= 0.6 is 23.2 Å². The van der Waals surface area contributed by atoms with E-state index in [1.807, 2.05) is 0 Å². The standard InChI is InChI=1S/C9H11Cl2N3O4/c1-18-9(17)6(14-8(16)7(10)11)3-2-5(15)4-13-12/h4,6-7,12H,2-3H2,1H3/p+1. The molecule has 0 aliphatic rings. The maximum atomic E-state index is 11.3. The highest BCUT2D eigenvalue weighted by atomic mass is 35.5. The van der Waals surface area contributed by atoms with Gasteiger partial charge < -0.3 is 10.1 Å². The summed E-state index contributed by atoms with van der Waals surface area (Å²) < 4.78 is 4.46. The zero-order chi connectivity index (χ0) is 14.1. The summed E-state index contributed by atoms with van der Waals surface area (Å²) in [6.07, 6.45) is 0.740. The zero-order valence-corrected chi connectivity index (χ0v) is 11.0. The summed E-state index contributed by atoms with van der Waals surface area (Å²) in [4.78, 5) is 35.1. The lowest BCUT2D eigenvalue weighted by Crippen LogP contribution is -2.44. The fourth-order valence-electron chi connectivity index (χ4n) is 1.05. The molecule has 0 aliphatic carbocycles. The van der Waals surface area contributed by atoms with Gasteiger partial charge in [0.1, 0.15) is 6.04 Å². The van der Waals surface area contributed by atoms with Gasteiger partial charge in [0.15, 0.2) is 4.84 Å². The topological polar surface area (TPSA) is 110 Å². The SMILES string of the molecule is COC(=O)C(CCC(=O)C=[N+]=N)NC(=O)C(Cl)Cl. The molecule has 0 saturated heterocycles. The van der Waals surface area contributed by atoms with Crippen LogP contribution < -0.4 is 5.32 Å². The third-order valence-electron chi connectivity index (χ3n) is 1.89. The minimum absolute atomic E-state index is 0.00373. The maximum absolute atomic E-state index is 11.3. The van der Waals surface area contributed by atoms with E-state index in [9.17, 15) is 14.4 Å². The molecule has 0 spiro atoms. The third-order valence-corrected chi connectivity index (χ3v) is 2.28. The molecule has 1 unspecified atom stereocenters. The Labute approximate surface area is 113 Å². The van der Waals surface area contributed by atoms with Crippen LogP contribution in [0.1, 0.15) is 12.8 Å². The minimum Gasteiger partial charge on any atom is -0.467 e. The Bertz CT molecular complexity index is 380. The largest absolute Gasteiger partial charge is 0.467 e. The fourth-order valence-corrected chi connectivity index (χ4v) is 1.18. The van der Waals surface area contributed by atoms with Crippen molar-refractivity contribution in [2.75, 3.05) is 7.11 Å². The number of ketones is 1. The number of carbonyl (C=O) groups excluding carboxylic acids is 3. The van der Waals surface area contributed by atoms with Crippen LogP contribution in [0.2, 0.25) is 0 Å². The molecule has 0 bridgehead atoms. The van der Waals surface area contributed by atoms with E-state index in [1.165, 1.54) is 0 Å². The van der Waals surface area contributed by atoms with Crippen molar-refractivity contribution in [1.82, 2.24) is 5.32 Å². The second kappa shape index (κ2) is 8.63. The van der Waals surface area contributed by atoms with E-state index >= 15 is 0 Å². The number of alkyl halides is 2. The van der Waals surface area contributed by atoms with Crippen molar-refractivity contribution in [3.8, 4) is 0 Å². The summed E-state index contributed by atoms with van der Waals surface area (Å²) in [5.41, 5.74) is 6.46. The molecule has 0 aromatic heterocycles. The fraction of sp³-hybridized carbons (Fsp3) is 0.556. The van der Waals surface area contributed by atoms with Gasteiger partial charge >= 0.3 is 12.2 Å². The number of methoxy groups -OCH3 is 1. The Hall–Kier alpha value is -1.43. The summed E-state index contributed by atoms with van der Waals surface area (Å²) in [5.74, 6) is -1.91. The predicted molar refractivity (Wildman–Crippen MR) is 62.7 cm³/mol. The summed E-state index contributed by atoms with van der Waals surface area (Å²) in [6.45, 7) is 0. The van der Waals surface area contributed by atoms with Gasteiger partial charge in [-0.15, -0.1) is 0 Å². The van der Waals surface area contributed by atoms with Crippen LogP contribution in [0.4, 0.5) is 0 Å². The number of hydrogen-bond donors (Lipinski definition) is 2. The molecule has 1 amide bonds. The molecule has 7 nitrogen and oxygen atoms in total. The van der Waals surface area contributed by atoms with Crippen molar-refractivity contribution in [1.29, 1.82) is 5.53 Å². The van der Waals surface area contributed by atoms with Crippen LogP contribution in [0.15, 0.2) is 0 Å². The van der Waals surface area contributed by atoms with Crippen LogP contribution in [-0.4, -0.2) is 46.7 Å². The molecule has 100 valence electrons. The molecular weight excluding hydrogens is 285 g/mol. The van der Waals surface area contributed by atoms with Gasteiger partial charge in [0.25, 0.3) is 5.91 Å². The van der Waals surface area contributed by atoms with Gasteiger partial charge in [-0.1, -0.05) is 23.2 Å². The number of carbonyl (C=O) groups is 3. The van der Waals surface area contributed by atoms with Crippen LogP contribution in [0, 0.1) is 5.53 Å². The number of Topliss-reactive ketones (excluding diaryl/α,β-unsaturated/α-hetero) is 1. The normalized spacial score (nSPS) is 11.3.